The number of benzene rings is 1. The Morgan fingerprint density at radius 1 is 1.29 bits per heavy atom. The molecular weight excluding hydrogens is 562 g/mol. The van der Waals surface area contributed by atoms with E-state index in [4.69, 9.17) is 25.2 Å². The highest BCUT2D eigenvalue weighted by molar-refractivity contribution is 7.90. The van der Waals surface area contributed by atoms with Gasteiger partial charge in [-0.2, -0.15) is 5.10 Å². The number of nitrogens with zero attached hydrogens (tertiary/aromatic N) is 2. The van der Waals surface area contributed by atoms with Crippen LogP contribution in [0.3, 0.4) is 0 Å². The lowest BCUT2D eigenvalue weighted by molar-refractivity contribution is -0.118. The van der Waals surface area contributed by atoms with E-state index in [2.05, 4.69) is 37.4 Å². The van der Waals surface area contributed by atoms with Crippen molar-refractivity contribution in [3.63, 3.8) is 0 Å². The molecule has 0 aliphatic carbocycles. The van der Waals surface area contributed by atoms with Crippen molar-refractivity contribution in [1.29, 1.82) is 0 Å². The van der Waals surface area contributed by atoms with Crippen molar-refractivity contribution < 1.29 is 26.8 Å². The van der Waals surface area contributed by atoms with Gasteiger partial charge in [-0.15, -0.1) is 0 Å². The molecule has 2 atom stereocenters. The smallest absolute Gasteiger partial charge is 0.233 e. The predicted octanol–water partition coefficient (Wildman–Crippen LogP) is 3.13. The molecule has 1 aromatic carbocycles. The fourth-order valence-electron chi connectivity index (χ4n) is 4.62. The number of sulfone groups is 1. The fourth-order valence-corrected chi connectivity index (χ4v) is 7.85. The molecule has 2 aromatic rings. The Morgan fingerprint density at radius 2 is 2.00 bits per heavy atom. The number of carbonyl (C=O) groups is 1. The molecule has 0 radical (unpaired) electrons. The summed E-state index contributed by atoms with van der Waals surface area (Å²) >= 11 is 6.31. The summed E-state index contributed by atoms with van der Waals surface area (Å²) < 4.78 is 43.3. The van der Waals surface area contributed by atoms with Crippen LogP contribution in [0.15, 0.2) is 35.4 Å². The summed E-state index contributed by atoms with van der Waals surface area (Å²) in [7, 11) is -4.65. The van der Waals surface area contributed by atoms with Crippen LogP contribution in [0.1, 0.15) is 44.6 Å². The first-order valence-corrected chi connectivity index (χ1v) is 19.3. The van der Waals surface area contributed by atoms with Crippen LogP contribution in [0, 0.1) is 11.3 Å². The molecule has 2 unspecified atom stereocenters. The van der Waals surface area contributed by atoms with Crippen LogP contribution in [-0.2, 0) is 34.8 Å². The van der Waals surface area contributed by atoms with Crippen LogP contribution in [-0.4, -0.2) is 69.4 Å². The van der Waals surface area contributed by atoms with Crippen molar-refractivity contribution in [1.82, 2.24) is 9.78 Å². The average Bonchev–Trinajstić information content (AvgIpc) is 3.52. The number of halogens is 1. The van der Waals surface area contributed by atoms with Gasteiger partial charge in [-0.25, -0.2) is 8.42 Å². The Morgan fingerprint density at radius 3 is 2.58 bits per heavy atom. The Balaban J connectivity index is 1.72. The molecule has 9 nitrogen and oxygen atoms in total. The average molecular weight is 602 g/mol. The molecule has 1 fully saturated rings. The van der Waals surface area contributed by atoms with Crippen molar-refractivity contribution in [2.75, 3.05) is 24.8 Å². The summed E-state index contributed by atoms with van der Waals surface area (Å²) in [5.74, 6) is -0.0457. The highest BCUT2D eigenvalue weighted by Gasteiger charge is 2.31. The zero-order valence-corrected chi connectivity index (χ0v) is 27.3. The molecular formula is C25H40ClN3O6SSi2. The number of nitrogens with one attached hydrogen (secondary N) is 1. The number of aryl methyl sites for hydroxylation is 1. The molecule has 1 aliphatic heterocycles. The predicted molar refractivity (Wildman–Crippen MR) is 155 cm³/mol. The normalized spacial score (nSPS) is 18.5. The van der Waals surface area contributed by atoms with Gasteiger partial charge in [0, 0.05) is 43.7 Å². The van der Waals surface area contributed by atoms with Gasteiger partial charge in [-0.3, -0.25) is 9.48 Å². The van der Waals surface area contributed by atoms with E-state index in [1.165, 1.54) is 6.07 Å². The van der Waals surface area contributed by atoms with Gasteiger partial charge >= 0.3 is 0 Å². The fraction of sp³-hybridized carbons (Fsp3) is 0.600. The number of hydrogen-bond acceptors (Lipinski definition) is 7. The number of hydrogen-bond donors (Lipinski definition) is 1. The van der Waals surface area contributed by atoms with Crippen LogP contribution in [0.2, 0.25) is 18.1 Å². The second-order valence-corrected chi connectivity index (χ2v) is 14.6. The van der Waals surface area contributed by atoms with Gasteiger partial charge in [0.1, 0.15) is 6.29 Å². The second-order valence-electron chi connectivity index (χ2n) is 10.4. The molecule has 1 amide bonds. The van der Waals surface area contributed by atoms with E-state index in [0.717, 1.165) is 19.1 Å². The number of anilines is 1. The molecule has 212 valence electrons. The van der Waals surface area contributed by atoms with E-state index in [-0.39, 0.29) is 33.4 Å². The Bertz CT molecular complexity index is 1180. The maximum Gasteiger partial charge on any atom is 0.233 e. The van der Waals surface area contributed by atoms with Gasteiger partial charge in [0.2, 0.25) is 5.91 Å². The molecule has 1 aromatic heterocycles. The summed E-state index contributed by atoms with van der Waals surface area (Å²) in [4.78, 5) is 13.5. The van der Waals surface area contributed by atoms with Crippen molar-refractivity contribution in [2.24, 2.45) is 11.3 Å². The first kappa shape index (κ1) is 31.0. The Kier molecular flexibility index (Phi) is 11.2. The monoisotopic (exact) mass is 601 g/mol. The molecule has 2 heterocycles. The summed E-state index contributed by atoms with van der Waals surface area (Å²) in [5.41, 5.74) is 0.505. The van der Waals surface area contributed by atoms with Gasteiger partial charge in [-0.1, -0.05) is 44.6 Å². The number of aromatic nitrogens is 2. The molecule has 3 rings (SSSR count). The largest absolute Gasteiger partial charge is 0.400 e. The highest BCUT2D eigenvalue weighted by Crippen LogP contribution is 2.33. The summed E-state index contributed by atoms with van der Waals surface area (Å²) in [5, 5.41) is 7.63. The van der Waals surface area contributed by atoms with Gasteiger partial charge in [0.15, 0.2) is 35.2 Å². The van der Waals surface area contributed by atoms with Crippen LogP contribution < -0.4 is 5.32 Å². The van der Waals surface area contributed by atoms with E-state index in [9.17, 15) is 13.2 Å². The van der Waals surface area contributed by atoms with E-state index < -0.39 is 35.3 Å². The van der Waals surface area contributed by atoms with Crippen LogP contribution >= 0.6 is 11.6 Å². The molecule has 1 aliphatic rings. The van der Waals surface area contributed by atoms with Crippen LogP contribution in [0.25, 0.3) is 0 Å². The standard InChI is InChI=1S/C25H40ClN3O6SSi2/c1-25(2,24(34-37-4)35-38-5)10-12-29-11-8-22(28-29)27-23(30)19(14-17-9-13-33-16-17)18-6-7-21(20(26)15-18)36(3,31)32/h6-8,11,15,17,19,24H,9-10,12-14,16,37-38H2,1-5H3,(H,27,28,30). The summed E-state index contributed by atoms with van der Waals surface area (Å²) in [6.45, 7) is 10.4. The van der Waals surface area contributed by atoms with E-state index in [1.807, 2.05) is 10.9 Å². The quantitative estimate of drug-likeness (QED) is 0.262. The van der Waals surface area contributed by atoms with Crippen LogP contribution in [0.4, 0.5) is 5.82 Å². The van der Waals surface area contributed by atoms with Gasteiger partial charge in [0.25, 0.3) is 0 Å². The third kappa shape index (κ3) is 8.47. The minimum atomic E-state index is -3.47. The van der Waals surface area contributed by atoms with Gasteiger partial charge in [0.05, 0.1) is 15.8 Å². The number of carbonyl (C=O) groups excluding carboxylic acids is 1. The Hall–Kier alpha value is -1.55. The zero-order chi connectivity index (χ0) is 27.9. The number of ether oxygens (including phenoxy) is 1. The van der Waals surface area contributed by atoms with Crippen LogP contribution in [0.5, 0.6) is 0 Å². The highest BCUT2D eigenvalue weighted by atomic mass is 35.5. The topological polar surface area (TPSA) is 109 Å². The van der Waals surface area contributed by atoms with Gasteiger partial charge in [-0.05, 0) is 42.9 Å². The van der Waals surface area contributed by atoms with E-state index in [1.54, 1.807) is 18.2 Å². The van der Waals surface area contributed by atoms with E-state index >= 15 is 0 Å². The third-order valence-electron chi connectivity index (χ3n) is 6.82. The van der Waals surface area contributed by atoms with Crippen molar-refractivity contribution in [2.45, 2.75) is 69.9 Å². The second kappa shape index (κ2) is 13.7. The lowest BCUT2D eigenvalue weighted by atomic mass is 9.87. The SMILES string of the molecule is C[SiH2]OC(O[SiH2]C)C(C)(C)CCn1ccc(NC(=O)C(CC2CCOC2)c2ccc(S(C)(=O)=O)c(Cl)c2)n1. The first-order valence-electron chi connectivity index (χ1n) is 13.1. The lowest BCUT2D eigenvalue weighted by Crippen LogP contribution is -2.36. The van der Waals surface area contributed by atoms with Gasteiger partial charge < -0.3 is 18.9 Å². The molecule has 0 saturated carbocycles. The maximum atomic E-state index is 13.5. The Labute approximate surface area is 235 Å². The maximum absolute atomic E-state index is 13.5. The molecule has 38 heavy (non-hydrogen) atoms. The van der Waals surface area contributed by atoms with Crippen molar-refractivity contribution in [3.05, 3.63) is 41.0 Å². The van der Waals surface area contributed by atoms with Crippen molar-refractivity contribution in [3.8, 4) is 0 Å². The number of amides is 1. The minimum absolute atomic E-state index is 0.0496. The van der Waals surface area contributed by atoms with Crippen molar-refractivity contribution >= 4 is 52.7 Å². The molecule has 0 spiro atoms. The molecule has 0 bridgehead atoms. The molecule has 1 N–H and O–H groups in total. The third-order valence-corrected chi connectivity index (χ3v) is 9.67. The molecule has 13 heteroatoms. The molecule has 1 saturated heterocycles. The lowest BCUT2D eigenvalue weighted by Gasteiger charge is -2.34. The minimum Gasteiger partial charge on any atom is -0.400 e. The van der Waals surface area contributed by atoms with E-state index in [0.29, 0.717) is 37.6 Å². The first-order chi connectivity index (χ1) is 17.9. The summed E-state index contributed by atoms with van der Waals surface area (Å²) in [6, 6.07) is 6.50. The summed E-state index contributed by atoms with van der Waals surface area (Å²) in [6.07, 6.45) is 5.03. The number of rotatable bonds is 14. The zero-order valence-electron chi connectivity index (χ0n) is 22.9.